The Morgan fingerprint density at radius 1 is 0.520 bits per heavy atom. The van der Waals surface area contributed by atoms with E-state index in [0.29, 0.717) is 5.56 Å². The molecule has 0 bridgehead atoms. The van der Waals surface area contributed by atoms with Gasteiger partial charge < -0.3 is 10.2 Å². The zero-order valence-electron chi connectivity index (χ0n) is 13.3. The molecule has 4 aromatic rings. The van der Waals surface area contributed by atoms with Crippen LogP contribution in [0.25, 0.3) is 33.0 Å². The molecule has 0 unspecified atom stereocenters. The van der Waals surface area contributed by atoms with Crippen molar-refractivity contribution in [1.29, 1.82) is 0 Å². The number of benzene rings is 4. The highest BCUT2D eigenvalue weighted by atomic mass is 19.1. The quantitative estimate of drug-likeness (QED) is 0.493. The molecule has 0 fully saturated rings. The van der Waals surface area contributed by atoms with E-state index in [4.69, 9.17) is 0 Å². The molecular weight excluding hydrogens is 315 g/mol. The molecule has 0 aliphatic heterocycles. The number of rotatable bonds is 2. The molecule has 2 N–H and O–H groups in total. The number of phenolic OH excluding ortho intramolecular Hbond substituents is 2. The molecule has 0 spiro atoms. The molecule has 0 aliphatic rings. The van der Waals surface area contributed by atoms with Gasteiger partial charge in [-0.2, -0.15) is 0 Å². The summed E-state index contributed by atoms with van der Waals surface area (Å²) < 4.78 is 14.0. The highest BCUT2D eigenvalue weighted by Gasteiger charge is 2.07. The second kappa shape index (κ2) is 5.95. The van der Waals surface area contributed by atoms with Crippen molar-refractivity contribution in [2.45, 2.75) is 0 Å². The largest absolute Gasteiger partial charge is 0.508 e. The van der Waals surface area contributed by atoms with Crippen LogP contribution in [0.1, 0.15) is 0 Å². The lowest BCUT2D eigenvalue weighted by Gasteiger charge is -2.08. The molecular formula is C22H15FO2. The van der Waals surface area contributed by atoms with E-state index in [0.717, 1.165) is 33.5 Å². The third-order valence-corrected chi connectivity index (χ3v) is 4.31. The fourth-order valence-electron chi connectivity index (χ4n) is 2.99. The monoisotopic (exact) mass is 330 g/mol. The minimum Gasteiger partial charge on any atom is -0.508 e. The summed E-state index contributed by atoms with van der Waals surface area (Å²) in [5, 5.41) is 20.9. The first-order valence-electron chi connectivity index (χ1n) is 7.92. The van der Waals surface area contributed by atoms with Crippen LogP contribution in [-0.2, 0) is 0 Å². The lowest BCUT2D eigenvalue weighted by molar-refractivity contribution is 0.469. The molecule has 0 aliphatic carbocycles. The summed E-state index contributed by atoms with van der Waals surface area (Å²) in [6, 6.07) is 23.1. The number of hydrogen-bond donors (Lipinski definition) is 2. The summed E-state index contributed by atoms with van der Waals surface area (Å²) in [5.41, 5.74) is 3.29. The summed E-state index contributed by atoms with van der Waals surface area (Å²) in [5.74, 6) is -0.279. The summed E-state index contributed by atoms with van der Waals surface area (Å²) in [7, 11) is 0. The molecule has 0 radical (unpaired) electrons. The molecule has 4 rings (SSSR count). The van der Waals surface area contributed by atoms with Gasteiger partial charge in [0.2, 0.25) is 0 Å². The summed E-state index contributed by atoms with van der Waals surface area (Å²) in [6.07, 6.45) is 0. The van der Waals surface area contributed by atoms with Gasteiger partial charge in [0.25, 0.3) is 0 Å². The fourth-order valence-corrected chi connectivity index (χ4v) is 2.99. The Balaban J connectivity index is 1.71. The maximum Gasteiger partial charge on any atom is 0.134 e. The second-order valence-corrected chi connectivity index (χ2v) is 5.99. The van der Waals surface area contributed by atoms with Crippen molar-refractivity contribution < 1.29 is 14.6 Å². The van der Waals surface area contributed by atoms with E-state index in [1.54, 1.807) is 18.2 Å². The second-order valence-electron chi connectivity index (χ2n) is 5.99. The Kier molecular flexibility index (Phi) is 3.62. The van der Waals surface area contributed by atoms with Gasteiger partial charge >= 0.3 is 0 Å². The van der Waals surface area contributed by atoms with E-state index in [1.165, 1.54) is 6.07 Å². The van der Waals surface area contributed by atoms with Gasteiger partial charge in [0, 0.05) is 11.6 Å². The fraction of sp³-hybridized carbons (Fsp3) is 0. The first-order valence-corrected chi connectivity index (χ1v) is 7.92. The van der Waals surface area contributed by atoms with Crippen molar-refractivity contribution in [3.8, 4) is 33.8 Å². The van der Waals surface area contributed by atoms with Crippen LogP contribution in [0.2, 0.25) is 0 Å². The van der Waals surface area contributed by atoms with Gasteiger partial charge in [-0.25, -0.2) is 4.39 Å². The summed E-state index contributed by atoms with van der Waals surface area (Å²) in [6.45, 7) is 0. The highest BCUT2D eigenvalue weighted by Crippen LogP contribution is 2.30. The molecule has 4 aromatic carbocycles. The third kappa shape index (κ3) is 2.92. The van der Waals surface area contributed by atoms with Gasteiger partial charge in [0.05, 0.1) is 0 Å². The average Bonchev–Trinajstić information content (AvgIpc) is 2.61. The van der Waals surface area contributed by atoms with Crippen molar-refractivity contribution in [3.05, 3.63) is 84.7 Å². The maximum absolute atomic E-state index is 14.0. The smallest absolute Gasteiger partial charge is 0.134 e. The van der Waals surface area contributed by atoms with Crippen LogP contribution in [-0.4, -0.2) is 10.2 Å². The normalized spacial score (nSPS) is 10.9. The predicted octanol–water partition coefficient (Wildman–Crippen LogP) is 5.72. The van der Waals surface area contributed by atoms with Gasteiger partial charge in [-0.1, -0.05) is 42.5 Å². The van der Waals surface area contributed by atoms with E-state index in [-0.39, 0.29) is 11.5 Å². The number of hydrogen-bond acceptors (Lipinski definition) is 2. The Morgan fingerprint density at radius 2 is 1.08 bits per heavy atom. The van der Waals surface area contributed by atoms with Crippen LogP contribution in [0, 0.1) is 5.82 Å². The van der Waals surface area contributed by atoms with Gasteiger partial charge in [-0.15, -0.1) is 0 Å². The Hall–Kier alpha value is -3.33. The molecule has 25 heavy (non-hydrogen) atoms. The molecule has 0 atom stereocenters. The standard InChI is InChI=1S/C22H15FO2/c23-22-13-20(25)9-10-21(22)15-3-1-14(2-4-15)16-5-6-18-12-19(24)8-7-17(18)11-16/h1-13,24-25H. The molecule has 2 nitrogen and oxygen atoms in total. The van der Waals surface area contributed by atoms with E-state index < -0.39 is 5.82 Å². The topological polar surface area (TPSA) is 40.5 Å². The Labute approximate surface area is 144 Å². The number of halogens is 1. The van der Waals surface area contributed by atoms with Crippen molar-refractivity contribution in [2.75, 3.05) is 0 Å². The lowest BCUT2D eigenvalue weighted by atomic mass is 9.98. The van der Waals surface area contributed by atoms with Crippen LogP contribution in [0.5, 0.6) is 11.5 Å². The lowest BCUT2D eigenvalue weighted by Crippen LogP contribution is -1.85. The van der Waals surface area contributed by atoms with Crippen LogP contribution in [0.4, 0.5) is 4.39 Å². The summed E-state index contributed by atoms with van der Waals surface area (Å²) >= 11 is 0. The van der Waals surface area contributed by atoms with E-state index in [1.807, 2.05) is 42.5 Å². The van der Waals surface area contributed by atoms with Crippen LogP contribution in [0.3, 0.4) is 0 Å². The molecule has 0 heterocycles. The van der Waals surface area contributed by atoms with Crippen molar-refractivity contribution in [2.24, 2.45) is 0 Å². The zero-order valence-corrected chi connectivity index (χ0v) is 13.3. The number of phenols is 2. The molecule has 0 amide bonds. The van der Waals surface area contributed by atoms with Crippen LogP contribution < -0.4 is 0 Å². The van der Waals surface area contributed by atoms with Gasteiger partial charge in [0.1, 0.15) is 17.3 Å². The zero-order chi connectivity index (χ0) is 17.4. The van der Waals surface area contributed by atoms with Crippen molar-refractivity contribution >= 4 is 10.8 Å². The Morgan fingerprint density at radius 3 is 1.84 bits per heavy atom. The first-order chi connectivity index (χ1) is 12.1. The molecule has 0 saturated carbocycles. The highest BCUT2D eigenvalue weighted by molar-refractivity contribution is 5.88. The SMILES string of the molecule is Oc1ccc(-c2ccc(-c3ccc4cc(O)ccc4c3)cc2)c(F)c1. The molecule has 0 saturated heterocycles. The Bertz CT molecular complexity index is 1070. The average molecular weight is 330 g/mol. The number of aromatic hydroxyl groups is 2. The summed E-state index contributed by atoms with van der Waals surface area (Å²) in [4.78, 5) is 0. The van der Waals surface area contributed by atoms with E-state index in [9.17, 15) is 14.6 Å². The van der Waals surface area contributed by atoms with E-state index in [2.05, 4.69) is 6.07 Å². The minimum atomic E-state index is -0.446. The van der Waals surface area contributed by atoms with Gasteiger partial charge in [0.15, 0.2) is 0 Å². The minimum absolute atomic E-state index is 0.0833. The molecule has 0 aromatic heterocycles. The van der Waals surface area contributed by atoms with Crippen LogP contribution in [0.15, 0.2) is 78.9 Å². The van der Waals surface area contributed by atoms with Gasteiger partial charge in [-0.3, -0.25) is 0 Å². The molecule has 3 heteroatoms. The van der Waals surface area contributed by atoms with Crippen LogP contribution >= 0.6 is 0 Å². The van der Waals surface area contributed by atoms with Gasteiger partial charge in [-0.05, 0) is 57.8 Å². The number of fused-ring (bicyclic) bond motifs is 1. The third-order valence-electron chi connectivity index (χ3n) is 4.31. The predicted molar refractivity (Wildman–Crippen MR) is 98.1 cm³/mol. The maximum atomic E-state index is 14.0. The van der Waals surface area contributed by atoms with Crippen molar-refractivity contribution in [1.82, 2.24) is 0 Å². The van der Waals surface area contributed by atoms with E-state index >= 15 is 0 Å². The molecule has 122 valence electrons. The van der Waals surface area contributed by atoms with Crippen molar-refractivity contribution in [3.63, 3.8) is 0 Å². The first kappa shape index (κ1) is 15.2.